The maximum atomic E-state index is 13.2. The number of benzene rings is 2. The number of amides is 1. The van der Waals surface area contributed by atoms with Crippen molar-refractivity contribution in [1.29, 1.82) is 0 Å². The predicted molar refractivity (Wildman–Crippen MR) is 120 cm³/mol. The molecule has 1 aliphatic heterocycles. The Bertz CT molecular complexity index is 1040. The largest absolute Gasteiger partial charge is 0.493 e. The summed E-state index contributed by atoms with van der Waals surface area (Å²) in [6.07, 6.45) is 4.56. The number of hydrogen-bond acceptors (Lipinski definition) is 4. The molecule has 0 saturated carbocycles. The summed E-state index contributed by atoms with van der Waals surface area (Å²) < 4.78 is 11.4. The fraction of sp³-hybridized carbons (Fsp3) is 0.308. The van der Waals surface area contributed by atoms with E-state index in [0.717, 1.165) is 41.0 Å². The number of nitrogens with zero attached hydrogens (tertiary/aromatic N) is 2. The number of ether oxygens (including phenoxy) is 2. The Morgan fingerprint density at radius 1 is 1.03 bits per heavy atom. The second kappa shape index (κ2) is 9.65. The van der Waals surface area contributed by atoms with Crippen molar-refractivity contribution in [2.75, 3.05) is 13.7 Å². The van der Waals surface area contributed by atoms with Gasteiger partial charge in [-0.25, -0.2) is 0 Å². The number of carbonyl (C=O) groups excluding carboxylic acids is 1. The van der Waals surface area contributed by atoms with E-state index in [9.17, 15) is 4.79 Å². The monoisotopic (exact) mass is 416 g/mol. The molecule has 0 bridgehead atoms. The fourth-order valence-electron chi connectivity index (χ4n) is 4.02. The normalized spacial score (nSPS) is 15.1. The third kappa shape index (κ3) is 4.55. The van der Waals surface area contributed by atoms with Crippen LogP contribution in [0.5, 0.6) is 11.5 Å². The number of pyridine rings is 1. The van der Waals surface area contributed by atoms with Crippen LogP contribution in [0.3, 0.4) is 0 Å². The summed E-state index contributed by atoms with van der Waals surface area (Å²) in [7, 11) is 1.65. The molecule has 0 saturated heterocycles. The Kier molecular flexibility index (Phi) is 6.51. The smallest absolute Gasteiger partial charge is 0.255 e. The van der Waals surface area contributed by atoms with E-state index in [-0.39, 0.29) is 11.9 Å². The van der Waals surface area contributed by atoms with Gasteiger partial charge < -0.3 is 14.4 Å². The molecule has 0 aliphatic carbocycles. The summed E-state index contributed by atoms with van der Waals surface area (Å²) in [4.78, 5) is 19.7. The van der Waals surface area contributed by atoms with Crippen LogP contribution in [0.4, 0.5) is 0 Å². The number of unbranched alkanes of at least 4 members (excludes halogenated alkanes) is 1. The molecular weight excluding hydrogens is 388 g/mol. The minimum absolute atomic E-state index is 0.0509. The van der Waals surface area contributed by atoms with Crippen molar-refractivity contribution in [3.8, 4) is 11.5 Å². The van der Waals surface area contributed by atoms with Gasteiger partial charge >= 0.3 is 0 Å². The van der Waals surface area contributed by atoms with E-state index in [2.05, 4.69) is 11.9 Å². The van der Waals surface area contributed by atoms with E-state index >= 15 is 0 Å². The van der Waals surface area contributed by atoms with Crippen molar-refractivity contribution >= 4 is 5.91 Å². The number of hydrogen-bond donors (Lipinski definition) is 0. The lowest BCUT2D eigenvalue weighted by Gasteiger charge is -2.26. The molecule has 0 fully saturated rings. The van der Waals surface area contributed by atoms with Crippen LogP contribution in [-0.4, -0.2) is 29.5 Å². The zero-order chi connectivity index (χ0) is 21.6. The molecule has 3 aromatic rings. The minimum Gasteiger partial charge on any atom is -0.493 e. The highest BCUT2D eigenvalue weighted by Crippen LogP contribution is 2.38. The molecule has 0 N–H and O–H groups in total. The Morgan fingerprint density at radius 2 is 1.87 bits per heavy atom. The van der Waals surface area contributed by atoms with Crippen molar-refractivity contribution in [1.82, 2.24) is 9.88 Å². The van der Waals surface area contributed by atoms with E-state index in [1.807, 2.05) is 65.6 Å². The highest BCUT2D eigenvalue weighted by molar-refractivity contribution is 5.99. The third-order valence-electron chi connectivity index (χ3n) is 5.65. The van der Waals surface area contributed by atoms with Gasteiger partial charge in [0, 0.05) is 30.4 Å². The molecule has 160 valence electrons. The van der Waals surface area contributed by atoms with Gasteiger partial charge in [-0.15, -0.1) is 0 Å². The summed E-state index contributed by atoms with van der Waals surface area (Å²) >= 11 is 0. The number of fused-ring (bicyclic) bond motifs is 1. The Labute approximate surface area is 183 Å². The average molecular weight is 417 g/mol. The van der Waals surface area contributed by atoms with Crippen molar-refractivity contribution in [2.45, 2.75) is 38.8 Å². The topological polar surface area (TPSA) is 51.7 Å². The van der Waals surface area contributed by atoms with Gasteiger partial charge in [0.25, 0.3) is 5.91 Å². The molecule has 1 aromatic heterocycles. The molecule has 1 amide bonds. The van der Waals surface area contributed by atoms with Gasteiger partial charge in [-0.3, -0.25) is 9.78 Å². The first-order valence-electron chi connectivity index (χ1n) is 10.8. The van der Waals surface area contributed by atoms with Gasteiger partial charge in [0.15, 0.2) is 11.5 Å². The molecule has 2 heterocycles. The standard InChI is InChI=1S/C26H28N2O3/c1-3-4-15-31-24-13-12-19(16-25(24)30-2)18-28-23(17-20-9-7-8-14-27-20)21-10-5-6-11-22(21)26(28)29/h5-14,16,23H,3-4,15,17-18H2,1-2H3. The SMILES string of the molecule is CCCCOc1ccc(CN2C(=O)c3ccccc3C2Cc2ccccn2)cc1OC. The van der Waals surface area contributed by atoms with Crippen LogP contribution < -0.4 is 9.47 Å². The molecule has 5 nitrogen and oxygen atoms in total. The quantitative estimate of drug-likeness (QED) is 0.450. The summed E-state index contributed by atoms with van der Waals surface area (Å²) in [5, 5.41) is 0. The van der Waals surface area contributed by atoms with Crippen LogP contribution >= 0.6 is 0 Å². The molecule has 4 rings (SSSR count). The molecular formula is C26H28N2O3. The lowest BCUT2D eigenvalue weighted by molar-refractivity contribution is 0.0708. The van der Waals surface area contributed by atoms with Gasteiger partial charge in [-0.05, 0) is 47.9 Å². The summed E-state index contributed by atoms with van der Waals surface area (Å²) in [5.41, 5.74) is 3.81. The molecule has 31 heavy (non-hydrogen) atoms. The van der Waals surface area contributed by atoms with Crippen LogP contribution in [0.25, 0.3) is 0 Å². The maximum Gasteiger partial charge on any atom is 0.255 e. The van der Waals surface area contributed by atoms with Gasteiger partial charge in [0.05, 0.1) is 19.8 Å². The lowest BCUT2D eigenvalue weighted by Crippen LogP contribution is -2.29. The van der Waals surface area contributed by atoms with Crippen LogP contribution in [0.2, 0.25) is 0 Å². The van der Waals surface area contributed by atoms with E-state index in [1.165, 1.54) is 0 Å². The van der Waals surface area contributed by atoms with E-state index < -0.39 is 0 Å². The Balaban J connectivity index is 1.59. The van der Waals surface area contributed by atoms with Gasteiger partial charge in [0.2, 0.25) is 0 Å². The van der Waals surface area contributed by atoms with E-state index in [0.29, 0.717) is 25.3 Å². The molecule has 1 unspecified atom stereocenters. The van der Waals surface area contributed by atoms with E-state index in [1.54, 1.807) is 13.3 Å². The van der Waals surface area contributed by atoms with Gasteiger partial charge in [-0.2, -0.15) is 0 Å². The first-order chi connectivity index (χ1) is 15.2. The van der Waals surface area contributed by atoms with E-state index in [4.69, 9.17) is 9.47 Å². The van der Waals surface area contributed by atoms with Crippen molar-refractivity contribution < 1.29 is 14.3 Å². The van der Waals surface area contributed by atoms with Crippen molar-refractivity contribution in [3.63, 3.8) is 0 Å². The third-order valence-corrected chi connectivity index (χ3v) is 5.65. The first-order valence-corrected chi connectivity index (χ1v) is 10.8. The number of aromatic nitrogens is 1. The lowest BCUT2D eigenvalue weighted by atomic mass is 10.0. The van der Waals surface area contributed by atoms with Crippen molar-refractivity contribution in [3.05, 3.63) is 89.2 Å². The van der Waals surface area contributed by atoms with Crippen LogP contribution in [0.15, 0.2) is 66.9 Å². The van der Waals surface area contributed by atoms with Crippen LogP contribution in [-0.2, 0) is 13.0 Å². The predicted octanol–water partition coefficient (Wildman–Crippen LogP) is 5.21. The second-order valence-electron chi connectivity index (χ2n) is 7.75. The molecule has 0 radical (unpaired) electrons. The minimum atomic E-state index is -0.0509. The highest BCUT2D eigenvalue weighted by Gasteiger charge is 2.36. The fourth-order valence-corrected chi connectivity index (χ4v) is 4.02. The molecule has 1 atom stereocenters. The summed E-state index contributed by atoms with van der Waals surface area (Å²) in [6.45, 7) is 3.30. The molecule has 2 aromatic carbocycles. The Morgan fingerprint density at radius 3 is 2.65 bits per heavy atom. The van der Waals surface area contributed by atoms with Gasteiger partial charge in [0.1, 0.15) is 0 Å². The van der Waals surface area contributed by atoms with Gasteiger partial charge in [-0.1, -0.05) is 43.7 Å². The second-order valence-corrected chi connectivity index (χ2v) is 7.75. The summed E-state index contributed by atoms with van der Waals surface area (Å²) in [6, 6.07) is 19.6. The molecule has 1 aliphatic rings. The molecule has 0 spiro atoms. The van der Waals surface area contributed by atoms with Crippen LogP contribution in [0.1, 0.15) is 53.0 Å². The maximum absolute atomic E-state index is 13.2. The zero-order valence-electron chi connectivity index (χ0n) is 18.1. The first kappa shape index (κ1) is 20.9. The van der Waals surface area contributed by atoms with Crippen LogP contribution in [0, 0.1) is 0 Å². The number of rotatable bonds is 9. The highest BCUT2D eigenvalue weighted by atomic mass is 16.5. The van der Waals surface area contributed by atoms with Crippen molar-refractivity contribution in [2.24, 2.45) is 0 Å². The molecule has 5 heteroatoms. The zero-order valence-corrected chi connectivity index (χ0v) is 18.1. The average Bonchev–Trinajstić information content (AvgIpc) is 3.06. The number of methoxy groups -OCH3 is 1. The Hall–Kier alpha value is -3.34. The summed E-state index contributed by atoms with van der Waals surface area (Å²) in [5.74, 6) is 1.48. The number of carbonyl (C=O) groups is 1.